The van der Waals surface area contributed by atoms with Gasteiger partial charge in [-0.2, -0.15) is 10.1 Å². The molecule has 0 atom stereocenters. The van der Waals surface area contributed by atoms with Crippen molar-refractivity contribution in [2.45, 2.75) is 0 Å². The Morgan fingerprint density at radius 3 is 2.62 bits per heavy atom. The van der Waals surface area contributed by atoms with Crippen LogP contribution in [0.4, 0.5) is 23.1 Å². The van der Waals surface area contributed by atoms with Gasteiger partial charge in [0.2, 0.25) is 5.95 Å². The Morgan fingerprint density at radius 1 is 1.17 bits per heavy atom. The molecule has 126 valence electrons. The maximum atomic E-state index is 4.37. The van der Waals surface area contributed by atoms with Gasteiger partial charge in [-0.05, 0) is 31.3 Å². The van der Waals surface area contributed by atoms with E-state index in [1.54, 1.807) is 12.3 Å². The molecule has 7 heteroatoms. The first-order chi connectivity index (χ1) is 11.7. The summed E-state index contributed by atoms with van der Waals surface area (Å²) in [6.07, 6.45) is 3.36. The van der Waals surface area contributed by atoms with E-state index < -0.39 is 0 Å². The highest BCUT2D eigenvalue weighted by Gasteiger charge is 2.13. The topological polar surface area (TPSA) is 69.2 Å². The van der Waals surface area contributed by atoms with Gasteiger partial charge in [-0.15, -0.1) is 11.7 Å². The Morgan fingerprint density at radius 2 is 1.92 bits per heavy atom. The Hall–Kier alpha value is -2.67. The Bertz CT molecular complexity index is 663. The van der Waals surface area contributed by atoms with Gasteiger partial charge in [0.15, 0.2) is 5.82 Å². The summed E-state index contributed by atoms with van der Waals surface area (Å²) in [7, 11) is 2.16. The van der Waals surface area contributed by atoms with Crippen molar-refractivity contribution in [2.75, 3.05) is 55.3 Å². The van der Waals surface area contributed by atoms with Gasteiger partial charge in [0.25, 0.3) is 0 Å². The normalized spacial score (nSPS) is 15.1. The number of hydrogen-bond donors (Lipinski definition) is 2. The molecule has 0 aliphatic carbocycles. The average Bonchev–Trinajstić information content (AvgIpc) is 2.62. The summed E-state index contributed by atoms with van der Waals surface area (Å²) in [5.41, 5.74) is 2.23. The van der Waals surface area contributed by atoms with Crippen molar-refractivity contribution >= 4 is 23.1 Å². The molecular formula is C17H23N7. The van der Waals surface area contributed by atoms with Crippen LogP contribution in [-0.2, 0) is 0 Å². The number of aromatic nitrogens is 3. The molecule has 2 N–H and O–H groups in total. The van der Waals surface area contributed by atoms with E-state index in [1.807, 2.05) is 0 Å². The predicted octanol–water partition coefficient (Wildman–Crippen LogP) is 1.96. The molecule has 1 aliphatic rings. The molecule has 0 saturated carbocycles. The zero-order valence-corrected chi connectivity index (χ0v) is 13.9. The van der Waals surface area contributed by atoms with Crippen molar-refractivity contribution in [2.24, 2.45) is 0 Å². The smallest absolute Gasteiger partial charge is 0.244 e. The van der Waals surface area contributed by atoms with Gasteiger partial charge in [0.1, 0.15) is 0 Å². The van der Waals surface area contributed by atoms with E-state index in [9.17, 15) is 0 Å². The summed E-state index contributed by atoms with van der Waals surface area (Å²) < 4.78 is 0. The van der Waals surface area contributed by atoms with Crippen LogP contribution in [0.25, 0.3) is 0 Å². The lowest BCUT2D eigenvalue weighted by atomic mass is 10.2. The van der Waals surface area contributed by atoms with Crippen molar-refractivity contribution in [1.29, 1.82) is 0 Å². The molecule has 2 heterocycles. The second kappa shape index (κ2) is 7.74. The Labute approximate surface area is 142 Å². The number of rotatable bonds is 6. The molecule has 1 fully saturated rings. The molecule has 24 heavy (non-hydrogen) atoms. The largest absolute Gasteiger partial charge is 0.369 e. The molecule has 0 bridgehead atoms. The van der Waals surface area contributed by atoms with Gasteiger partial charge in [-0.25, -0.2) is 0 Å². The van der Waals surface area contributed by atoms with E-state index in [-0.39, 0.29) is 0 Å². The first kappa shape index (κ1) is 16.2. The highest BCUT2D eigenvalue weighted by atomic mass is 15.3. The van der Waals surface area contributed by atoms with Crippen LogP contribution >= 0.6 is 0 Å². The number of hydrogen-bond acceptors (Lipinski definition) is 7. The van der Waals surface area contributed by atoms with Crippen LogP contribution in [0.2, 0.25) is 0 Å². The molecule has 1 aliphatic heterocycles. The second-order valence-corrected chi connectivity index (χ2v) is 5.80. The van der Waals surface area contributed by atoms with E-state index in [2.05, 4.69) is 73.5 Å². The Balaban J connectivity index is 1.62. The molecule has 0 unspecified atom stereocenters. The summed E-state index contributed by atoms with van der Waals surface area (Å²) in [6.45, 7) is 8.60. The van der Waals surface area contributed by atoms with Crippen LogP contribution < -0.4 is 15.5 Å². The van der Waals surface area contributed by atoms with Crippen LogP contribution in [-0.4, -0.2) is 59.9 Å². The lowest BCUT2D eigenvalue weighted by Gasteiger charge is -2.34. The standard InChI is InChI=1S/C17H23N7/c1-3-8-18-17-21-16(13-19-22-17)20-14-4-6-15(7-5-14)24-11-9-23(2)10-12-24/h3-7,13H,1,8-12H2,2H3,(H2,18,20,21,22). The van der Waals surface area contributed by atoms with Gasteiger partial charge in [0.05, 0.1) is 6.20 Å². The Kier molecular flexibility index (Phi) is 5.22. The van der Waals surface area contributed by atoms with Gasteiger partial charge < -0.3 is 20.4 Å². The van der Waals surface area contributed by atoms with Crippen molar-refractivity contribution < 1.29 is 0 Å². The summed E-state index contributed by atoms with van der Waals surface area (Å²) >= 11 is 0. The maximum absolute atomic E-state index is 4.37. The highest BCUT2D eigenvalue weighted by molar-refractivity contribution is 5.61. The molecule has 0 spiro atoms. The quantitative estimate of drug-likeness (QED) is 0.787. The molecular weight excluding hydrogens is 302 g/mol. The zero-order valence-electron chi connectivity index (χ0n) is 13.9. The summed E-state index contributed by atoms with van der Waals surface area (Å²) in [6, 6.07) is 8.40. The fourth-order valence-electron chi connectivity index (χ4n) is 2.57. The monoisotopic (exact) mass is 325 g/mol. The molecule has 0 amide bonds. The number of piperazine rings is 1. The molecule has 0 radical (unpaired) electrons. The van der Waals surface area contributed by atoms with Crippen LogP contribution in [0.3, 0.4) is 0 Å². The highest BCUT2D eigenvalue weighted by Crippen LogP contribution is 2.21. The van der Waals surface area contributed by atoms with Crippen LogP contribution in [0.1, 0.15) is 0 Å². The second-order valence-electron chi connectivity index (χ2n) is 5.80. The first-order valence-corrected chi connectivity index (χ1v) is 8.09. The van der Waals surface area contributed by atoms with E-state index in [0.29, 0.717) is 18.3 Å². The van der Waals surface area contributed by atoms with E-state index in [1.165, 1.54) is 5.69 Å². The first-order valence-electron chi connectivity index (χ1n) is 8.09. The minimum absolute atomic E-state index is 0.481. The molecule has 1 saturated heterocycles. The number of benzene rings is 1. The van der Waals surface area contributed by atoms with Crippen molar-refractivity contribution in [3.8, 4) is 0 Å². The van der Waals surface area contributed by atoms with Gasteiger partial charge in [-0.3, -0.25) is 0 Å². The minimum Gasteiger partial charge on any atom is -0.369 e. The predicted molar refractivity (Wildman–Crippen MR) is 97.9 cm³/mol. The van der Waals surface area contributed by atoms with E-state index in [4.69, 9.17) is 0 Å². The molecule has 1 aromatic carbocycles. The van der Waals surface area contributed by atoms with Crippen LogP contribution in [0.15, 0.2) is 43.1 Å². The third-order valence-electron chi connectivity index (χ3n) is 3.97. The number of anilines is 4. The van der Waals surface area contributed by atoms with Crippen molar-refractivity contribution in [1.82, 2.24) is 20.1 Å². The van der Waals surface area contributed by atoms with Crippen molar-refractivity contribution in [3.63, 3.8) is 0 Å². The van der Waals surface area contributed by atoms with E-state index >= 15 is 0 Å². The zero-order chi connectivity index (χ0) is 16.8. The summed E-state index contributed by atoms with van der Waals surface area (Å²) in [4.78, 5) is 9.13. The number of nitrogens with zero attached hydrogens (tertiary/aromatic N) is 5. The number of nitrogens with one attached hydrogen (secondary N) is 2. The van der Waals surface area contributed by atoms with Gasteiger partial charge >= 0.3 is 0 Å². The van der Waals surface area contributed by atoms with E-state index in [0.717, 1.165) is 31.9 Å². The van der Waals surface area contributed by atoms with Crippen LogP contribution in [0.5, 0.6) is 0 Å². The number of likely N-dealkylation sites (N-methyl/N-ethyl adjacent to an activating group) is 1. The maximum Gasteiger partial charge on any atom is 0.244 e. The average molecular weight is 325 g/mol. The lowest BCUT2D eigenvalue weighted by molar-refractivity contribution is 0.313. The molecule has 2 aromatic rings. The third kappa shape index (κ3) is 4.20. The fraction of sp³-hybridized carbons (Fsp3) is 0.353. The molecule has 7 nitrogen and oxygen atoms in total. The van der Waals surface area contributed by atoms with Crippen molar-refractivity contribution in [3.05, 3.63) is 43.1 Å². The van der Waals surface area contributed by atoms with Crippen LogP contribution in [0, 0.1) is 0 Å². The minimum atomic E-state index is 0.481. The molecule has 1 aromatic heterocycles. The lowest BCUT2D eigenvalue weighted by Crippen LogP contribution is -2.44. The fourth-order valence-corrected chi connectivity index (χ4v) is 2.57. The summed E-state index contributed by atoms with van der Waals surface area (Å²) in [5.74, 6) is 1.14. The SMILES string of the molecule is C=CCNc1nncc(Nc2ccc(N3CCN(C)CC3)cc2)n1. The summed E-state index contributed by atoms with van der Waals surface area (Å²) in [5, 5.41) is 14.2. The van der Waals surface area contributed by atoms with Gasteiger partial charge in [-0.1, -0.05) is 6.08 Å². The molecule has 3 rings (SSSR count). The third-order valence-corrected chi connectivity index (χ3v) is 3.97. The van der Waals surface area contributed by atoms with Gasteiger partial charge in [0, 0.05) is 44.1 Å².